The number of halogens is 2. The van der Waals surface area contributed by atoms with Crippen molar-refractivity contribution in [2.75, 3.05) is 0 Å². The minimum absolute atomic E-state index is 0.0548. The first kappa shape index (κ1) is 20.7. The molecule has 25 heavy (non-hydrogen) atoms. The van der Waals surface area contributed by atoms with Gasteiger partial charge in [0, 0.05) is 36.3 Å². The highest BCUT2D eigenvalue weighted by Crippen LogP contribution is 2.31. The fourth-order valence-electron chi connectivity index (χ4n) is 2.28. The van der Waals surface area contributed by atoms with E-state index in [2.05, 4.69) is 0 Å². The SMILES string of the molecule is CCc1cn(C[C@H](C)N)c2ccc(F)c(Cl)c12.O=C(O)/C=C/C(=O)O. The molecule has 0 bridgehead atoms. The first-order valence-corrected chi connectivity index (χ1v) is 7.90. The van der Waals surface area contributed by atoms with Gasteiger partial charge in [0.2, 0.25) is 0 Å². The molecule has 0 radical (unpaired) electrons. The molecule has 0 spiro atoms. The van der Waals surface area contributed by atoms with Gasteiger partial charge >= 0.3 is 11.9 Å². The minimum atomic E-state index is -1.26. The summed E-state index contributed by atoms with van der Waals surface area (Å²) in [6.07, 6.45) is 3.95. The van der Waals surface area contributed by atoms with Crippen LogP contribution in [0, 0.1) is 5.82 Å². The number of nitrogens with zero attached hydrogens (tertiary/aromatic N) is 1. The Balaban J connectivity index is 0.000000333. The summed E-state index contributed by atoms with van der Waals surface area (Å²) in [6.45, 7) is 4.69. The number of aliphatic carboxylic acids is 2. The molecule has 1 atom stereocenters. The van der Waals surface area contributed by atoms with Gasteiger partial charge in [-0.2, -0.15) is 0 Å². The maximum absolute atomic E-state index is 13.5. The lowest BCUT2D eigenvalue weighted by Crippen LogP contribution is -2.21. The molecule has 0 aliphatic heterocycles. The van der Waals surface area contributed by atoms with Crippen LogP contribution in [0.5, 0.6) is 0 Å². The molecule has 0 aliphatic carbocycles. The first-order valence-electron chi connectivity index (χ1n) is 7.52. The van der Waals surface area contributed by atoms with Gasteiger partial charge in [-0.25, -0.2) is 14.0 Å². The molecule has 0 amide bonds. The number of aryl methyl sites for hydroxylation is 1. The van der Waals surface area contributed by atoms with Crippen molar-refractivity contribution in [1.29, 1.82) is 0 Å². The van der Waals surface area contributed by atoms with Crippen LogP contribution in [0.2, 0.25) is 5.02 Å². The quantitative estimate of drug-likeness (QED) is 0.701. The summed E-state index contributed by atoms with van der Waals surface area (Å²) >= 11 is 6.04. The zero-order valence-electron chi connectivity index (χ0n) is 13.9. The summed E-state index contributed by atoms with van der Waals surface area (Å²) in [7, 11) is 0. The number of fused-ring (bicyclic) bond motifs is 1. The van der Waals surface area contributed by atoms with Crippen LogP contribution in [-0.2, 0) is 22.6 Å². The number of carboxylic acids is 2. The van der Waals surface area contributed by atoms with Crippen molar-refractivity contribution in [3.8, 4) is 0 Å². The van der Waals surface area contributed by atoms with E-state index in [4.69, 9.17) is 27.5 Å². The van der Waals surface area contributed by atoms with Crippen molar-refractivity contribution in [3.63, 3.8) is 0 Å². The normalized spacial score (nSPS) is 12.0. The molecule has 2 aromatic rings. The van der Waals surface area contributed by atoms with Gasteiger partial charge in [0.05, 0.1) is 10.5 Å². The number of aromatic nitrogens is 1. The van der Waals surface area contributed by atoms with E-state index in [1.54, 1.807) is 6.07 Å². The topological polar surface area (TPSA) is 106 Å². The van der Waals surface area contributed by atoms with Crippen LogP contribution in [0.25, 0.3) is 10.9 Å². The van der Waals surface area contributed by atoms with E-state index < -0.39 is 11.9 Å². The summed E-state index contributed by atoms with van der Waals surface area (Å²) in [5.74, 6) is -2.88. The monoisotopic (exact) mass is 370 g/mol. The predicted molar refractivity (Wildman–Crippen MR) is 94.3 cm³/mol. The lowest BCUT2D eigenvalue weighted by molar-refractivity contribution is -0.134. The molecule has 136 valence electrons. The third-order valence-corrected chi connectivity index (χ3v) is 3.62. The summed E-state index contributed by atoms with van der Waals surface area (Å²) in [5, 5.41) is 16.6. The Hall–Kier alpha value is -2.38. The first-order chi connectivity index (χ1) is 11.7. The number of rotatable bonds is 5. The fraction of sp³-hybridized carbons (Fsp3) is 0.294. The number of nitrogens with two attached hydrogens (primary N) is 1. The van der Waals surface area contributed by atoms with E-state index >= 15 is 0 Å². The Bertz CT molecular complexity index is 784. The second kappa shape index (κ2) is 9.19. The van der Waals surface area contributed by atoms with Crippen molar-refractivity contribution in [2.45, 2.75) is 32.9 Å². The standard InChI is InChI=1S/C13H16ClFN2.C4H4O4/c1-3-9-7-17(6-8(2)16)11-5-4-10(15)13(14)12(9)11;5-3(6)1-2-4(7)8/h4-5,7-8H,3,6,16H2,1-2H3;1-2H,(H,5,6)(H,7,8)/b;2-1+/t8-;/m0./s1. The molecule has 2 rings (SSSR count). The molecular weight excluding hydrogens is 351 g/mol. The average molecular weight is 371 g/mol. The number of carboxylic acid groups (broad SMARTS) is 2. The van der Waals surface area contributed by atoms with Crippen LogP contribution in [0.1, 0.15) is 19.4 Å². The lowest BCUT2D eigenvalue weighted by Gasteiger charge is -2.08. The summed E-state index contributed by atoms with van der Waals surface area (Å²) in [4.78, 5) is 19.1. The van der Waals surface area contributed by atoms with E-state index in [0.717, 1.165) is 22.9 Å². The van der Waals surface area contributed by atoms with Gasteiger partial charge < -0.3 is 20.5 Å². The molecule has 0 unspecified atom stereocenters. The van der Waals surface area contributed by atoms with Gasteiger partial charge in [-0.05, 0) is 31.0 Å². The highest BCUT2D eigenvalue weighted by molar-refractivity contribution is 6.35. The maximum atomic E-state index is 13.5. The van der Waals surface area contributed by atoms with Crippen molar-refractivity contribution < 1.29 is 24.2 Å². The number of carbonyl (C=O) groups is 2. The van der Waals surface area contributed by atoms with Crippen LogP contribution < -0.4 is 5.73 Å². The summed E-state index contributed by atoms with van der Waals surface area (Å²) in [5.41, 5.74) is 7.82. The average Bonchev–Trinajstić information content (AvgIpc) is 2.87. The van der Waals surface area contributed by atoms with Crippen LogP contribution in [0.3, 0.4) is 0 Å². The minimum Gasteiger partial charge on any atom is -0.478 e. The third-order valence-electron chi connectivity index (χ3n) is 3.25. The van der Waals surface area contributed by atoms with E-state index in [-0.39, 0.29) is 16.9 Å². The molecule has 8 heteroatoms. The summed E-state index contributed by atoms with van der Waals surface area (Å²) < 4.78 is 15.5. The third kappa shape index (κ3) is 5.88. The van der Waals surface area contributed by atoms with Crippen LogP contribution in [-0.4, -0.2) is 32.8 Å². The zero-order chi connectivity index (χ0) is 19.1. The Morgan fingerprint density at radius 2 is 1.88 bits per heavy atom. The highest BCUT2D eigenvalue weighted by Gasteiger charge is 2.14. The molecule has 0 saturated carbocycles. The second-order valence-corrected chi connectivity index (χ2v) is 5.78. The molecule has 0 fully saturated rings. The molecule has 1 aromatic heterocycles. The highest BCUT2D eigenvalue weighted by atomic mass is 35.5. The van der Waals surface area contributed by atoms with E-state index in [0.29, 0.717) is 18.7 Å². The molecule has 1 aromatic carbocycles. The van der Waals surface area contributed by atoms with Crippen molar-refractivity contribution in [2.24, 2.45) is 5.73 Å². The number of hydrogen-bond donors (Lipinski definition) is 3. The smallest absolute Gasteiger partial charge is 0.328 e. The van der Waals surface area contributed by atoms with Crippen LogP contribution in [0.4, 0.5) is 4.39 Å². The molecule has 6 nitrogen and oxygen atoms in total. The van der Waals surface area contributed by atoms with Gasteiger partial charge in [0.25, 0.3) is 0 Å². The zero-order valence-corrected chi connectivity index (χ0v) is 14.6. The fourth-order valence-corrected chi connectivity index (χ4v) is 2.56. The second-order valence-electron chi connectivity index (χ2n) is 5.40. The largest absolute Gasteiger partial charge is 0.478 e. The van der Waals surface area contributed by atoms with Crippen LogP contribution >= 0.6 is 11.6 Å². The maximum Gasteiger partial charge on any atom is 0.328 e. The summed E-state index contributed by atoms with van der Waals surface area (Å²) in [6, 6.07) is 3.22. The number of hydrogen-bond acceptors (Lipinski definition) is 3. The van der Waals surface area contributed by atoms with Crippen LogP contribution in [0.15, 0.2) is 30.5 Å². The number of benzene rings is 1. The van der Waals surface area contributed by atoms with E-state index in [1.165, 1.54) is 6.07 Å². The Morgan fingerprint density at radius 1 is 1.32 bits per heavy atom. The Labute approximate surface area is 149 Å². The molecule has 4 N–H and O–H groups in total. The Morgan fingerprint density at radius 3 is 2.32 bits per heavy atom. The van der Waals surface area contributed by atoms with Crippen molar-refractivity contribution in [1.82, 2.24) is 4.57 Å². The van der Waals surface area contributed by atoms with Gasteiger partial charge in [0.15, 0.2) is 0 Å². The molecule has 0 aliphatic rings. The predicted octanol–water partition coefficient (Wildman–Crippen LogP) is 3.06. The molecular formula is C17H20ClFN2O4. The molecule has 1 heterocycles. The van der Waals surface area contributed by atoms with Gasteiger partial charge in [-0.15, -0.1) is 0 Å². The van der Waals surface area contributed by atoms with Gasteiger partial charge in [-0.3, -0.25) is 0 Å². The van der Waals surface area contributed by atoms with Crippen molar-refractivity contribution >= 4 is 34.4 Å². The van der Waals surface area contributed by atoms with E-state index in [1.807, 2.05) is 24.6 Å². The van der Waals surface area contributed by atoms with Gasteiger partial charge in [0.1, 0.15) is 5.82 Å². The van der Waals surface area contributed by atoms with Gasteiger partial charge in [-0.1, -0.05) is 18.5 Å². The lowest BCUT2D eigenvalue weighted by atomic mass is 10.1. The van der Waals surface area contributed by atoms with Crippen molar-refractivity contribution in [3.05, 3.63) is 46.9 Å². The Kier molecular flexibility index (Phi) is 7.60. The van der Waals surface area contributed by atoms with E-state index in [9.17, 15) is 14.0 Å². The molecule has 0 saturated heterocycles.